The van der Waals surface area contributed by atoms with Crippen LogP contribution in [0, 0.1) is 12.8 Å². The molecule has 2 N–H and O–H groups in total. The van der Waals surface area contributed by atoms with Crippen molar-refractivity contribution in [3.05, 3.63) is 29.6 Å². The molecule has 1 heterocycles. The van der Waals surface area contributed by atoms with Gasteiger partial charge in [-0.1, -0.05) is 19.9 Å². The molecule has 3 heteroatoms. The zero-order chi connectivity index (χ0) is 12.9. The zero-order valence-electron chi connectivity index (χ0n) is 11.4. The van der Waals surface area contributed by atoms with Crippen LogP contribution < -0.4 is 5.73 Å². The van der Waals surface area contributed by atoms with Crippen LogP contribution in [0.25, 0.3) is 11.0 Å². The van der Waals surface area contributed by atoms with Crippen LogP contribution in [0.3, 0.4) is 0 Å². The van der Waals surface area contributed by atoms with E-state index in [1.807, 2.05) is 0 Å². The van der Waals surface area contributed by atoms with Gasteiger partial charge in [0.25, 0.3) is 0 Å². The van der Waals surface area contributed by atoms with Crippen molar-refractivity contribution in [3.63, 3.8) is 0 Å². The highest BCUT2D eigenvalue weighted by atomic mass is 15.1. The number of aryl methyl sites for hydroxylation is 1. The quantitative estimate of drug-likeness (QED) is 0.898. The molecule has 1 aromatic carbocycles. The van der Waals surface area contributed by atoms with Crippen molar-refractivity contribution in [2.24, 2.45) is 11.7 Å². The first-order chi connectivity index (χ1) is 8.58. The monoisotopic (exact) mass is 243 g/mol. The summed E-state index contributed by atoms with van der Waals surface area (Å²) in [6.07, 6.45) is 2.58. The van der Waals surface area contributed by atoms with Gasteiger partial charge in [-0.15, -0.1) is 0 Å². The second-order valence-corrected chi connectivity index (χ2v) is 5.78. The second kappa shape index (κ2) is 4.09. The molecule has 1 aliphatic carbocycles. The largest absolute Gasteiger partial charge is 0.325 e. The van der Waals surface area contributed by atoms with E-state index in [0.29, 0.717) is 12.0 Å². The molecule has 3 rings (SSSR count). The number of benzene rings is 1. The average Bonchev–Trinajstić information content (AvgIpc) is 3.10. The van der Waals surface area contributed by atoms with E-state index in [9.17, 15) is 0 Å². The van der Waals surface area contributed by atoms with Crippen molar-refractivity contribution in [3.8, 4) is 0 Å². The number of rotatable bonds is 3. The predicted molar refractivity (Wildman–Crippen MR) is 74.5 cm³/mol. The SMILES string of the molecule is Cc1nc2cc(C(N)C(C)C)ccc2n1C1CC1. The fourth-order valence-electron chi connectivity index (χ4n) is 2.62. The van der Waals surface area contributed by atoms with Gasteiger partial charge in [-0.05, 0) is 43.4 Å². The van der Waals surface area contributed by atoms with E-state index in [-0.39, 0.29) is 6.04 Å². The molecule has 1 aromatic heterocycles. The highest BCUT2D eigenvalue weighted by Crippen LogP contribution is 2.38. The van der Waals surface area contributed by atoms with Crippen LogP contribution in [0.1, 0.15) is 50.2 Å². The molecule has 0 bridgehead atoms. The summed E-state index contributed by atoms with van der Waals surface area (Å²) >= 11 is 0. The number of fused-ring (bicyclic) bond motifs is 1. The molecule has 0 amide bonds. The van der Waals surface area contributed by atoms with Gasteiger partial charge in [0.05, 0.1) is 11.0 Å². The summed E-state index contributed by atoms with van der Waals surface area (Å²) in [6.45, 7) is 6.41. The van der Waals surface area contributed by atoms with E-state index in [0.717, 1.165) is 11.3 Å². The summed E-state index contributed by atoms with van der Waals surface area (Å²) < 4.78 is 2.38. The Labute approximate surface area is 108 Å². The Balaban J connectivity index is 2.08. The van der Waals surface area contributed by atoms with Gasteiger partial charge in [0.2, 0.25) is 0 Å². The smallest absolute Gasteiger partial charge is 0.106 e. The Morgan fingerprint density at radius 2 is 2.06 bits per heavy atom. The molecule has 96 valence electrons. The molecule has 0 aliphatic heterocycles. The summed E-state index contributed by atoms with van der Waals surface area (Å²) in [5.41, 5.74) is 9.75. The molecule has 0 radical (unpaired) electrons. The Morgan fingerprint density at radius 3 is 2.67 bits per heavy atom. The lowest BCUT2D eigenvalue weighted by Gasteiger charge is -2.15. The molecule has 3 nitrogen and oxygen atoms in total. The Hall–Kier alpha value is -1.35. The maximum absolute atomic E-state index is 6.21. The Kier molecular flexibility index (Phi) is 2.67. The normalized spacial score (nSPS) is 17.6. The molecule has 1 saturated carbocycles. The van der Waals surface area contributed by atoms with Crippen molar-refractivity contribution in [2.45, 2.75) is 45.7 Å². The number of hydrogen-bond donors (Lipinski definition) is 1. The first kappa shape index (κ1) is 11.7. The summed E-state index contributed by atoms with van der Waals surface area (Å²) in [5.74, 6) is 1.58. The molecular weight excluding hydrogens is 222 g/mol. The number of imidazole rings is 1. The first-order valence-electron chi connectivity index (χ1n) is 6.82. The lowest BCUT2D eigenvalue weighted by atomic mass is 9.97. The summed E-state index contributed by atoms with van der Waals surface area (Å²) in [5, 5.41) is 0. The molecule has 18 heavy (non-hydrogen) atoms. The predicted octanol–water partition coefficient (Wildman–Crippen LogP) is 3.34. The molecule has 1 fully saturated rings. The van der Waals surface area contributed by atoms with Crippen LogP contribution in [0.2, 0.25) is 0 Å². The lowest BCUT2D eigenvalue weighted by Crippen LogP contribution is -2.16. The van der Waals surface area contributed by atoms with Crippen LogP contribution in [0.5, 0.6) is 0 Å². The van der Waals surface area contributed by atoms with Crippen LogP contribution >= 0.6 is 0 Å². The van der Waals surface area contributed by atoms with E-state index in [1.165, 1.54) is 23.9 Å². The second-order valence-electron chi connectivity index (χ2n) is 5.78. The van der Waals surface area contributed by atoms with E-state index >= 15 is 0 Å². The number of hydrogen-bond acceptors (Lipinski definition) is 2. The zero-order valence-corrected chi connectivity index (χ0v) is 11.4. The molecule has 1 unspecified atom stereocenters. The van der Waals surface area contributed by atoms with Crippen molar-refractivity contribution in [1.82, 2.24) is 9.55 Å². The third-order valence-electron chi connectivity index (χ3n) is 3.91. The van der Waals surface area contributed by atoms with E-state index in [4.69, 9.17) is 5.73 Å². The Bertz CT molecular complexity index is 579. The molecule has 2 aromatic rings. The third-order valence-corrected chi connectivity index (χ3v) is 3.91. The standard InChI is InChI=1S/C15H21N3/c1-9(2)15(16)11-4-7-14-13(8-11)17-10(3)18(14)12-5-6-12/h4,7-9,12,15H,5-6,16H2,1-3H3. The highest BCUT2D eigenvalue weighted by Gasteiger charge is 2.27. The molecule has 0 saturated heterocycles. The van der Waals surface area contributed by atoms with Gasteiger partial charge < -0.3 is 10.3 Å². The molecule has 0 spiro atoms. The summed E-state index contributed by atoms with van der Waals surface area (Å²) in [6, 6.07) is 7.28. The van der Waals surface area contributed by atoms with Gasteiger partial charge in [0, 0.05) is 12.1 Å². The number of nitrogens with two attached hydrogens (primary N) is 1. The minimum Gasteiger partial charge on any atom is -0.325 e. The fraction of sp³-hybridized carbons (Fsp3) is 0.533. The van der Waals surface area contributed by atoms with Gasteiger partial charge in [0.15, 0.2) is 0 Å². The minimum absolute atomic E-state index is 0.0979. The van der Waals surface area contributed by atoms with Gasteiger partial charge in [-0.2, -0.15) is 0 Å². The van der Waals surface area contributed by atoms with Gasteiger partial charge >= 0.3 is 0 Å². The van der Waals surface area contributed by atoms with Gasteiger partial charge in [-0.3, -0.25) is 0 Å². The van der Waals surface area contributed by atoms with Crippen molar-refractivity contribution in [2.75, 3.05) is 0 Å². The molecular formula is C15H21N3. The maximum Gasteiger partial charge on any atom is 0.106 e. The lowest BCUT2D eigenvalue weighted by molar-refractivity contribution is 0.514. The summed E-state index contributed by atoms with van der Waals surface area (Å²) in [7, 11) is 0. The minimum atomic E-state index is 0.0979. The van der Waals surface area contributed by atoms with Crippen molar-refractivity contribution < 1.29 is 0 Å². The van der Waals surface area contributed by atoms with Crippen LogP contribution in [0.4, 0.5) is 0 Å². The van der Waals surface area contributed by atoms with Gasteiger partial charge in [0.1, 0.15) is 5.82 Å². The fourth-order valence-corrected chi connectivity index (χ4v) is 2.62. The average molecular weight is 243 g/mol. The van der Waals surface area contributed by atoms with Crippen LogP contribution in [-0.4, -0.2) is 9.55 Å². The highest BCUT2D eigenvalue weighted by molar-refractivity contribution is 5.77. The topological polar surface area (TPSA) is 43.8 Å². The van der Waals surface area contributed by atoms with Gasteiger partial charge in [-0.25, -0.2) is 4.98 Å². The van der Waals surface area contributed by atoms with Crippen LogP contribution in [0.15, 0.2) is 18.2 Å². The number of aromatic nitrogens is 2. The number of nitrogens with zero attached hydrogens (tertiary/aromatic N) is 2. The first-order valence-corrected chi connectivity index (χ1v) is 6.82. The van der Waals surface area contributed by atoms with E-state index in [1.54, 1.807) is 0 Å². The Morgan fingerprint density at radius 1 is 1.33 bits per heavy atom. The third kappa shape index (κ3) is 1.83. The van der Waals surface area contributed by atoms with E-state index in [2.05, 4.69) is 48.5 Å². The van der Waals surface area contributed by atoms with Crippen LogP contribution in [-0.2, 0) is 0 Å². The summed E-state index contributed by atoms with van der Waals surface area (Å²) in [4.78, 5) is 4.68. The van der Waals surface area contributed by atoms with Crippen molar-refractivity contribution >= 4 is 11.0 Å². The van der Waals surface area contributed by atoms with E-state index < -0.39 is 0 Å². The van der Waals surface area contributed by atoms with Crippen molar-refractivity contribution in [1.29, 1.82) is 0 Å². The molecule has 1 aliphatic rings. The molecule has 1 atom stereocenters. The maximum atomic E-state index is 6.21.